The molecule has 1 unspecified atom stereocenters. The van der Waals surface area contributed by atoms with Crippen LogP contribution in [-0.2, 0) is 14.8 Å². The van der Waals surface area contributed by atoms with Crippen molar-refractivity contribution in [2.75, 3.05) is 18.7 Å². The van der Waals surface area contributed by atoms with Gasteiger partial charge in [-0.3, -0.25) is 4.79 Å². The number of methoxy groups -OCH3 is 1. The van der Waals surface area contributed by atoms with Gasteiger partial charge in [0.2, 0.25) is 15.9 Å². The number of anilines is 1. The van der Waals surface area contributed by atoms with Gasteiger partial charge in [-0.05, 0) is 42.3 Å². The Morgan fingerprint density at radius 1 is 1.16 bits per heavy atom. The van der Waals surface area contributed by atoms with Crippen molar-refractivity contribution in [3.8, 4) is 5.75 Å². The van der Waals surface area contributed by atoms with Crippen LogP contribution in [-0.4, -0.2) is 27.7 Å². The summed E-state index contributed by atoms with van der Waals surface area (Å²) in [6.07, 6.45) is 1.05. The van der Waals surface area contributed by atoms with Gasteiger partial charge in [0.15, 0.2) is 0 Å². The Morgan fingerprint density at radius 2 is 1.84 bits per heavy atom. The Bertz CT molecular complexity index is 832. The minimum absolute atomic E-state index is 0.0205. The molecule has 0 aliphatic carbocycles. The number of hydrogen-bond donors (Lipinski definition) is 2. The van der Waals surface area contributed by atoms with Gasteiger partial charge in [0.05, 0.1) is 19.4 Å². The van der Waals surface area contributed by atoms with E-state index in [1.165, 1.54) is 0 Å². The summed E-state index contributed by atoms with van der Waals surface area (Å²) in [6, 6.07) is 13.7. The van der Waals surface area contributed by atoms with E-state index in [9.17, 15) is 13.2 Å². The molecule has 0 aromatic heterocycles. The average molecular weight is 362 g/mol. The predicted octanol–water partition coefficient (Wildman–Crippen LogP) is 2.62. The van der Waals surface area contributed by atoms with Gasteiger partial charge in [0.1, 0.15) is 5.75 Å². The largest absolute Gasteiger partial charge is 0.497 e. The average Bonchev–Trinajstić information content (AvgIpc) is 2.53. The van der Waals surface area contributed by atoms with E-state index in [1.807, 2.05) is 25.1 Å². The van der Waals surface area contributed by atoms with Crippen LogP contribution >= 0.6 is 0 Å². The molecule has 1 atom stereocenters. The molecule has 0 saturated heterocycles. The summed E-state index contributed by atoms with van der Waals surface area (Å²) < 4.78 is 30.9. The standard InChI is InChI=1S/C18H22N2O4S/c1-13-5-4-6-15(11-13)19-18(21)12-17(20-25(3,22)23)14-7-9-16(24-2)10-8-14/h4-11,17,20H,12H2,1-3H3,(H,19,21). The molecule has 7 heteroatoms. The Balaban J connectivity index is 2.15. The molecule has 0 fully saturated rings. The minimum Gasteiger partial charge on any atom is -0.497 e. The predicted molar refractivity (Wildman–Crippen MR) is 98.1 cm³/mol. The van der Waals surface area contributed by atoms with Gasteiger partial charge in [0.25, 0.3) is 0 Å². The maximum Gasteiger partial charge on any atom is 0.226 e. The van der Waals surface area contributed by atoms with Crippen molar-refractivity contribution < 1.29 is 17.9 Å². The first kappa shape index (κ1) is 19.0. The zero-order valence-electron chi connectivity index (χ0n) is 14.4. The van der Waals surface area contributed by atoms with Crippen LogP contribution < -0.4 is 14.8 Å². The highest BCUT2D eigenvalue weighted by molar-refractivity contribution is 7.88. The number of aryl methyl sites for hydroxylation is 1. The van der Waals surface area contributed by atoms with E-state index in [2.05, 4.69) is 10.0 Å². The van der Waals surface area contributed by atoms with E-state index < -0.39 is 16.1 Å². The quantitative estimate of drug-likeness (QED) is 0.793. The zero-order chi connectivity index (χ0) is 18.4. The van der Waals surface area contributed by atoms with E-state index in [0.717, 1.165) is 11.8 Å². The Kier molecular flexibility index (Phi) is 6.17. The van der Waals surface area contributed by atoms with Crippen LogP contribution in [0.2, 0.25) is 0 Å². The number of nitrogens with one attached hydrogen (secondary N) is 2. The molecule has 6 nitrogen and oxygen atoms in total. The molecule has 2 aromatic carbocycles. The van der Waals surface area contributed by atoms with Crippen molar-refractivity contribution in [3.63, 3.8) is 0 Å². The van der Waals surface area contributed by atoms with Gasteiger partial charge in [-0.1, -0.05) is 24.3 Å². The summed E-state index contributed by atoms with van der Waals surface area (Å²) in [4.78, 5) is 12.3. The molecule has 0 aliphatic rings. The molecule has 0 spiro atoms. The summed E-state index contributed by atoms with van der Waals surface area (Å²) in [6.45, 7) is 1.93. The third kappa shape index (κ3) is 6.21. The highest BCUT2D eigenvalue weighted by Crippen LogP contribution is 2.22. The monoisotopic (exact) mass is 362 g/mol. The number of carbonyl (C=O) groups is 1. The molecular formula is C18H22N2O4S. The van der Waals surface area contributed by atoms with E-state index in [0.29, 0.717) is 17.0 Å². The Labute approximate surface area is 148 Å². The second-order valence-corrected chi connectivity index (χ2v) is 7.62. The zero-order valence-corrected chi connectivity index (χ0v) is 15.3. The molecule has 0 bridgehead atoms. The fourth-order valence-corrected chi connectivity index (χ4v) is 3.18. The molecule has 2 rings (SSSR count). The lowest BCUT2D eigenvalue weighted by Crippen LogP contribution is -2.30. The molecule has 0 saturated carbocycles. The van der Waals surface area contributed by atoms with Crippen molar-refractivity contribution in [2.24, 2.45) is 0 Å². The first-order valence-electron chi connectivity index (χ1n) is 7.74. The Morgan fingerprint density at radius 3 is 2.40 bits per heavy atom. The molecule has 2 N–H and O–H groups in total. The number of hydrogen-bond acceptors (Lipinski definition) is 4. The van der Waals surface area contributed by atoms with Gasteiger partial charge < -0.3 is 10.1 Å². The number of sulfonamides is 1. The number of ether oxygens (including phenoxy) is 1. The first-order chi connectivity index (χ1) is 11.8. The van der Waals surface area contributed by atoms with Crippen molar-refractivity contribution in [1.82, 2.24) is 4.72 Å². The highest BCUT2D eigenvalue weighted by atomic mass is 32.2. The fourth-order valence-electron chi connectivity index (χ4n) is 2.44. The second-order valence-electron chi connectivity index (χ2n) is 5.84. The summed E-state index contributed by atoms with van der Waals surface area (Å²) in [5, 5.41) is 2.79. The van der Waals surface area contributed by atoms with Crippen LogP contribution in [0.3, 0.4) is 0 Å². The SMILES string of the molecule is COc1ccc(C(CC(=O)Nc2cccc(C)c2)NS(C)(=O)=O)cc1. The maximum atomic E-state index is 12.3. The number of amides is 1. The lowest BCUT2D eigenvalue weighted by atomic mass is 10.0. The number of rotatable bonds is 7. The molecule has 25 heavy (non-hydrogen) atoms. The molecule has 0 radical (unpaired) electrons. The summed E-state index contributed by atoms with van der Waals surface area (Å²) in [5.41, 5.74) is 2.39. The van der Waals surface area contributed by atoms with Gasteiger partial charge in [-0.15, -0.1) is 0 Å². The molecule has 134 valence electrons. The van der Waals surface area contributed by atoms with E-state index in [1.54, 1.807) is 37.4 Å². The van der Waals surface area contributed by atoms with Crippen LogP contribution in [0.5, 0.6) is 5.75 Å². The third-order valence-electron chi connectivity index (χ3n) is 3.57. The summed E-state index contributed by atoms with van der Waals surface area (Å²) in [5.74, 6) is 0.383. The van der Waals surface area contributed by atoms with Crippen LogP contribution in [0.4, 0.5) is 5.69 Å². The number of benzene rings is 2. The topological polar surface area (TPSA) is 84.5 Å². The lowest BCUT2D eigenvalue weighted by molar-refractivity contribution is -0.116. The van der Waals surface area contributed by atoms with Crippen LogP contribution in [0, 0.1) is 6.92 Å². The summed E-state index contributed by atoms with van der Waals surface area (Å²) >= 11 is 0. The number of carbonyl (C=O) groups excluding carboxylic acids is 1. The van der Waals surface area contributed by atoms with Gasteiger partial charge >= 0.3 is 0 Å². The van der Waals surface area contributed by atoms with E-state index >= 15 is 0 Å². The van der Waals surface area contributed by atoms with Gasteiger partial charge in [-0.25, -0.2) is 13.1 Å². The smallest absolute Gasteiger partial charge is 0.226 e. The van der Waals surface area contributed by atoms with Crippen molar-refractivity contribution in [3.05, 3.63) is 59.7 Å². The van der Waals surface area contributed by atoms with Crippen molar-refractivity contribution in [2.45, 2.75) is 19.4 Å². The molecule has 0 aliphatic heterocycles. The van der Waals surface area contributed by atoms with Crippen LogP contribution in [0.15, 0.2) is 48.5 Å². The highest BCUT2D eigenvalue weighted by Gasteiger charge is 2.20. The fraction of sp³-hybridized carbons (Fsp3) is 0.278. The van der Waals surface area contributed by atoms with Gasteiger partial charge in [-0.2, -0.15) is 0 Å². The van der Waals surface area contributed by atoms with Crippen LogP contribution in [0.25, 0.3) is 0 Å². The van der Waals surface area contributed by atoms with Crippen LogP contribution in [0.1, 0.15) is 23.6 Å². The lowest BCUT2D eigenvalue weighted by Gasteiger charge is -2.18. The molecule has 0 heterocycles. The van der Waals surface area contributed by atoms with E-state index in [-0.39, 0.29) is 12.3 Å². The Hall–Kier alpha value is -2.38. The van der Waals surface area contributed by atoms with Crippen molar-refractivity contribution >= 4 is 21.6 Å². The molecular weight excluding hydrogens is 340 g/mol. The van der Waals surface area contributed by atoms with Crippen molar-refractivity contribution in [1.29, 1.82) is 0 Å². The third-order valence-corrected chi connectivity index (χ3v) is 4.28. The summed E-state index contributed by atoms with van der Waals surface area (Å²) in [7, 11) is -1.92. The minimum atomic E-state index is -3.47. The maximum absolute atomic E-state index is 12.3. The van der Waals surface area contributed by atoms with E-state index in [4.69, 9.17) is 4.74 Å². The molecule has 2 aromatic rings. The normalized spacial score (nSPS) is 12.4. The second kappa shape index (κ2) is 8.13. The molecule has 1 amide bonds. The first-order valence-corrected chi connectivity index (χ1v) is 9.64. The van der Waals surface area contributed by atoms with Gasteiger partial charge in [0, 0.05) is 12.1 Å².